The highest BCUT2D eigenvalue weighted by atomic mass is 79.9. The number of halogens is 1. The predicted octanol–water partition coefficient (Wildman–Crippen LogP) is 6.01. The van der Waals surface area contributed by atoms with Gasteiger partial charge < -0.3 is 13.9 Å². The van der Waals surface area contributed by atoms with Crippen molar-refractivity contribution >= 4 is 45.1 Å². The molecule has 31 heavy (non-hydrogen) atoms. The van der Waals surface area contributed by atoms with Gasteiger partial charge in [-0.25, -0.2) is 9.59 Å². The fourth-order valence-electron chi connectivity index (χ4n) is 3.21. The first-order valence-corrected chi connectivity index (χ1v) is 10.6. The molecule has 0 spiro atoms. The summed E-state index contributed by atoms with van der Waals surface area (Å²) in [6.07, 6.45) is 0.459. The highest BCUT2D eigenvalue weighted by Gasteiger charge is 2.27. The Labute approximate surface area is 188 Å². The second-order valence-corrected chi connectivity index (χ2v) is 8.90. The Morgan fingerprint density at radius 3 is 2.32 bits per heavy atom. The average molecular weight is 487 g/mol. The smallest absolute Gasteiger partial charge is 0.343 e. The van der Waals surface area contributed by atoms with E-state index in [4.69, 9.17) is 13.9 Å². The molecular weight excluding hydrogens is 464 g/mol. The van der Waals surface area contributed by atoms with E-state index in [0.717, 1.165) is 5.56 Å². The fourth-order valence-corrected chi connectivity index (χ4v) is 3.79. The van der Waals surface area contributed by atoms with Crippen LogP contribution in [0.15, 0.2) is 39.2 Å². The molecule has 0 bridgehead atoms. The van der Waals surface area contributed by atoms with Gasteiger partial charge in [-0.05, 0) is 64.5 Å². The van der Waals surface area contributed by atoms with Gasteiger partial charge in [0, 0.05) is 0 Å². The van der Waals surface area contributed by atoms with Crippen molar-refractivity contribution in [2.45, 2.75) is 40.0 Å². The molecule has 0 radical (unpaired) electrons. The van der Waals surface area contributed by atoms with Crippen LogP contribution in [0.4, 0.5) is 0 Å². The lowest BCUT2D eigenvalue weighted by Crippen LogP contribution is -2.13. The van der Waals surface area contributed by atoms with Crippen LogP contribution in [0, 0.1) is 6.92 Å². The third kappa shape index (κ3) is 4.42. The van der Waals surface area contributed by atoms with Gasteiger partial charge >= 0.3 is 11.9 Å². The van der Waals surface area contributed by atoms with Gasteiger partial charge in [-0.2, -0.15) is 0 Å². The minimum atomic E-state index is -0.690. The van der Waals surface area contributed by atoms with Crippen LogP contribution in [-0.2, 0) is 10.2 Å². The lowest BCUT2D eigenvalue weighted by Gasteiger charge is -2.19. The first-order chi connectivity index (χ1) is 14.6. The molecule has 0 aliphatic carbocycles. The molecule has 0 amide bonds. The molecule has 3 aromatic rings. The van der Waals surface area contributed by atoms with Gasteiger partial charge in [0.05, 0.1) is 22.0 Å². The Balaban J connectivity index is 2.04. The number of hydrogen-bond donors (Lipinski definition) is 0. The SMILES string of the molecule is CCOC(=O)c1c(C=O)oc2c(C)cc(OC(=O)c3ccc(C(C)(C)C)cc3)c(Br)c12. The zero-order chi connectivity index (χ0) is 22.9. The molecule has 0 unspecified atom stereocenters. The van der Waals surface area contributed by atoms with Gasteiger partial charge in [0.2, 0.25) is 0 Å². The van der Waals surface area contributed by atoms with Crippen LogP contribution in [0.1, 0.15) is 70.1 Å². The lowest BCUT2D eigenvalue weighted by atomic mass is 9.87. The molecule has 1 heterocycles. The summed E-state index contributed by atoms with van der Waals surface area (Å²) in [5.74, 6) is -1.17. The predicted molar refractivity (Wildman–Crippen MR) is 120 cm³/mol. The molecule has 0 saturated carbocycles. The molecular formula is C24H23BrO6. The number of aryl methyl sites for hydroxylation is 1. The van der Waals surface area contributed by atoms with Gasteiger partial charge in [-0.3, -0.25) is 4.79 Å². The van der Waals surface area contributed by atoms with Crippen molar-refractivity contribution in [1.82, 2.24) is 0 Å². The van der Waals surface area contributed by atoms with Gasteiger partial charge in [0.1, 0.15) is 16.9 Å². The molecule has 0 N–H and O–H groups in total. The van der Waals surface area contributed by atoms with Crippen LogP contribution in [0.3, 0.4) is 0 Å². The molecule has 0 aliphatic heterocycles. The van der Waals surface area contributed by atoms with Gasteiger partial charge in [-0.15, -0.1) is 0 Å². The van der Waals surface area contributed by atoms with Gasteiger partial charge in [-0.1, -0.05) is 32.9 Å². The van der Waals surface area contributed by atoms with Crippen molar-refractivity contribution in [2.75, 3.05) is 6.61 Å². The maximum Gasteiger partial charge on any atom is 0.343 e. The first kappa shape index (κ1) is 22.7. The van der Waals surface area contributed by atoms with E-state index in [1.165, 1.54) is 0 Å². The second kappa shape index (κ2) is 8.67. The number of furan rings is 1. The van der Waals surface area contributed by atoms with Crippen molar-refractivity contribution in [1.29, 1.82) is 0 Å². The minimum absolute atomic E-state index is 0.00532. The van der Waals surface area contributed by atoms with E-state index < -0.39 is 11.9 Å². The lowest BCUT2D eigenvalue weighted by molar-refractivity contribution is 0.0524. The van der Waals surface area contributed by atoms with Crippen LogP contribution in [-0.4, -0.2) is 24.8 Å². The first-order valence-electron chi connectivity index (χ1n) is 9.79. The third-order valence-corrected chi connectivity index (χ3v) is 5.64. The summed E-state index contributed by atoms with van der Waals surface area (Å²) in [5.41, 5.74) is 2.39. The Kier molecular flexibility index (Phi) is 6.36. The highest BCUT2D eigenvalue weighted by Crippen LogP contribution is 2.40. The standard InChI is InChI=1S/C24H23BrO6/c1-6-29-23(28)18-17(12-26)30-21-13(2)11-16(20(25)19(18)21)31-22(27)14-7-9-15(10-8-14)24(3,4)5/h7-12H,6H2,1-5H3. The summed E-state index contributed by atoms with van der Waals surface area (Å²) in [6, 6.07) is 8.83. The average Bonchev–Trinajstić information content (AvgIpc) is 3.12. The van der Waals surface area contributed by atoms with E-state index in [-0.39, 0.29) is 29.1 Å². The Bertz CT molecular complexity index is 1170. The minimum Gasteiger partial charge on any atom is -0.462 e. The molecule has 0 aliphatic rings. The van der Waals surface area contributed by atoms with Crippen LogP contribution >= 0.6 is 15.9 Å². The van der Waals surface area contributed by atoms with Crippen molar-refractivity contribution in [3.8, 4) is 5.75 Å². The number of aldehydes is 1. The largest absolute Gasteiger partial charge is 0.462 e. The zero-order valence-corrected chi connectivity index (χ0v) is 19.6. The van der Waals surface area contributed by atoms with Crippen molar-refractivity contribution in [3.05, 3.63) is 62.8 Å². The number of carbonyl (C=O) groups excluding carboxylic acids is 3. The number of ether oxygens (including phenoxy) is 2. The molecule has 0 atom stereocenters. The molecule has 0 fully saturated rings. The molecule has 3 rings (SSSR count). The van der Waals surface area contributed by atoms with Crippen molar-refractivity contribution < 1.29 is 28.3 Å². The Morgan fingerprint density at radius 2 is 1.77 bits per heavy atom. The van der Waals surface area contributed by atoms with E-state index in [1.807, 2.05) is 12.1 Å². The second-order valence-electron chi connectivity index (χ2n) is 8.11. The maximum absolute atomic E-state index is 12.7. The molecule has 162 valence electrons. The summed E-state index contributed by atoms with van der Waals surface area (Å²) in [4.78, 5) is 36.7. The quantitative estimate of drug-likeness (QED) is 0.249. The number of hydrogen-bond acceptors (Lipinski definition) is 6. The molecule has 7 heteroatoms. The van der Waals surface area contributed by atoms with Gasteiger partial charge in [0.25, 0.3) is 0 Å². The highest BCUT2D eigenvalue weighted by molar-refractivity contribution is 9.10. The van der Waals surface area contributed by atoms with Crippen molar-refractivity contribution in [3.63, 3.8) is 0 Å². The van der Waals surface area contributed by atoms with E-state index in [9.17, 15) is 14.4 Å². The Morgan fingerprint density at radius 1 is 1.13 bits per heavy atom. The monoisotopic (exact) mass is 486 g/mol. The topological polar surface area (TPSA) is 82.8 Å². The van der Waals surface area contributed by atoms with E-state index in [2.05, 4.69) is 36.7 Å². The van der Waals surface area contributed by atoms with Gasteiger partial charge in [0.15, 0.2) is 12.0 Å². The fraction of sp³-hybridized carbons (Fsp3) is 0.292. The van der Waals surface area contributed by atoms with E-state index in [0.29, 0.717) is 32.9 Å². The molecule has 2 aromatic carbocycles. The number of benzene rings is 2. The van der Waals surface area contributed by atoms with Crippen molar-refractivity contribution in [2.24, 2.45) is 0 Å². The number of fused-ring (bicyclic) bond motifs is 1. The van der Waals surface area contributed by atoms with E-state index in [1.54, 1.807) is 32.0 Å². The summed E-state index contributed by atoms with van der Waals surface area (Å²) in [7, 11) is 0. The summed E-state index contributed by atoms with van der Waals surface area (Å²) < 4.78 is 16.6. The number of carbonyl (C=O) groups is 3. The summed E-state index contributed by atoms with van der Waals surface area (Å²) in [5, 5.41) is 0.325. The van der Waals surface area contributed by atoms with Crippen LogP contribution in [0.5, 0.6) is 5.75 Å². The van der Waals surface area contributed by atoms with E-state index >= 15 is 0 Å². The number of rotatable bonds is 5. The normalized spacial score (nSPS) is 11.4. The Hall–Kier alpha value is -2.93. The van der Waals surface area contributed by atoms with Crippen LogP contribution < -0.4 is 4.74 Å². The van der Waals surface area contributed by atoms with Crippen LogP contribution in [0.2, 0.25) is 0 Å². The third-order valence-electron chi connectivity index (χ3n) is 4.85. The summed E-state index contributed by atoms with van der Waals surface area (Å²) in [6.45, 7) is 9.81. The van der Waals surface area contributed by atoms with Crippen LogP contribution in [0.25, 0.3) is 11.0 Å². The molecule has 6 nitrogen and oxygen atoms in total. The maximum atomic E-state index is 12.7. The number of esters is 2. The molecule has 0 saturated heterocycles. The molecule has 1 aromatic heterocycles. The zero-order valence-electron chi connectivity index (χ0n) is 18.0. The summed E-state index contributed by atoms with van der Waals surface area (Å²) >= 11 is 3.41.